The van der Waals surface area contributed by atoms with Gasteiger partial charge in [-0.25, -0.2) is 9.78 Å². The molecular formula is C18H18N8O3. The van der Waals surface area contributed by atoms with Gasteiger partial charge in [0.15, 0.2) is 5.54 Å². The zero-order valence-corrected chi connectivity index (χ0v) is 15.7. The minimum absolute atomic E-state index is 0.0598. The highest BCUT2D eigenvalue weighted by molar-refractivity contribution is 6.07. The van der Waals surface area contributed by atoms with Crippen molar-refractivity contribution in [3.05, 3.63) is 59.7 Å². The van der Waals surface area contributed by atoms with Crippen molar-refractivity contribution >= 4 is 23.5 Å². The van der Waals surface area contributed by atoms with Crippen LogP contribution in [0.1, 0.15) is 27.4 Å². The number of aromatic amines is 1. The highest BCUT2D eigenvalue weighted by atomic mass is 16.2. The fourth-order valence-electron chi connectivity index (χ4n) is 3.27. The van der Waals surface area contributed by atoms with Gasteiger partial charge in [-0.05, 0) is 18.6 Å². The summed E-state index contributed by atoms with van der Waals surface area (Å²) in [4.78, 5) is 45.6. The second-order valence-electron chi connectivity index (χ2n) is 6.78. The Labute approximate surface area is 164 Å². The van der Waals surface area contributed by atoms with Gasteiger partial charge in [-0.3, -0.25) is 25.0 Å². The number of hydrogen-bond acceptors (Lipinski definition) is 6. The first-order chi connectivity index (χ1) is 13.9. The number of carbonyl (C=O) groups excluding carboxylic acids is 3. The van der Waals surface area contributed by atoms with E-state index in [9.17, 15) is 14.4 Å². The normalized spacial score (nSPS) is 18.4. The summed E-state index contributed by atoms with van der Waals surface area (Å²) < 4.78 is 1.67. The monoisotopic (exact) mass is 394 g/mol. The van der Waals surface area contributed by atoms with E-state index in [1.807, 2.05) is 0 Å². The molecule has 1 aliphatic heterocycles. The van der Waals surface area contributed by atoms with Crippen LogP contribution in [0.5, 0.6) is 0 Å². The zero-order chi connectivity index (χ0) is 20.6. The molecule has 0 radical (unpaired) electrons. The molecule has 3 aromatic heterocycles. The van der Waals surface area contributed by atoms with Crippen LogP contribution in [0.15, 0.2) is 37.1 Å². The molecule has 0 spiro atoms. The molecule has 0 aromatic carbocycles. The molecule has 11 heteroatoms. The lowest BCUT2D eigenvalue weighted by molar-refractivity contribution is -0.124. The predicted molar refractivity (Wildman–Crippen MR) is 101 cm³/mol. The van der Waals surface area contributed by atoms with Crippen LogP contribution in [-0.2, 0) is 23.8 Å². The number of aryl methyl sites for hydroxylation is 2. The van der Waals surface area contributed by atoms with E-state index in [-0.39, 0.29) is 12.3 Å². The molecule has 4 heterocycles. The Kier molecular flexibility index (Phi) is 4.34. The number of anilines is 1. The fraction of sp³-hybridized carbons (Fsp3) is 0.222. The molecule has 11 nitrogen and oxygen atoms in total. The number of amides is 4. The number of urea groups is 1. The van der Waals surface area contributed by atoms with Gasteiger partial charge in [-0.2, -0.15) is 5.10 Å². The molecule has 1 saturated heterocycles. The summed E-state index contributed by atoms with van der Waals surface area (Å²) in [5.41, 5.74) is 0.772. The topological polar surface area (TPSA) is 147 Å². The predicted octanol–water partition coefficient (Wildman–Crippen LogP) is 0.376. The summed E-state index contributed by atoms with van der Waals surface area (Å²) in [5.74, 6) is -0.458. The average Bonchev–Trinajstić information content (AvgIpc) is 3.40. The summed E-state index contributed by atoms with van der Waals surface area (Å²) >= 11 is 0. The molecular weight excluding hydrogens is 376 g/mol. The molecule has 0 bridgehead atoms. The highest BCUT2D eigenvalue weighted by Crippen LogP contribution is 2.28. The van der Waals surface area contributed by atoms with Crippen molar-refractivity contribution in [1.82, 2.24) is 35.4 Å². The Morgan fingerprint density at radius 2 is 2.10 bits per heavy atom. The third-order valence-electron chi connectivity index (χ3n) is 4.76. The first-order valence-electron chi connectivity index (χ1n) is 8.76. The van der Waals surface area contributed by atoms with E-state index in [0.29, 0.717) is 22.8 Å². The van der Waals surface area contributed by atoms with Gasteiger partial charge in [0, 0.05) is 49.6 Å². The lowest BCUT2D eigenvalue weighted by Crippen LogP contribution is -2.48. The minimum Gasteiger partial charge on any atom is -0.336 e. The van der Waals surface area contributed by atoms with Gasteiger partial charge in [-0.1, -0.05) is 0 Å². The Morgan fingerprint density at radius 3 is 2.72 bits per heavy atom. The molecule has 0 aliphatic carbocycles. The SMILES string of the molecule is Cc1cnc(CC2(c3nccn3C)NC(=O)NC2=O)cc1NC(=O)c1cn[nH]c1. The van der Waals surface area contributed by atoms with Crippen LogP contribution < -0.4 is 16.0 Å². The molecule has 3 aromatic rings. The van der Waals surface area contributed by atoms with Crippen LogP contribution in [0.3, 0.4) is 0 Å². The van der Waals surface area contributed by atoms with E-state index >= 15 is 0 Å². The van der Waals surface area contributed by atoms with Gasteiger partial charge in [0.25, 0.3) is 11.8 Å². The summed E-state index contributed by atoms with van der Waals surface area (Å²) in [5, 5.41) is 14.1. The molecule has 1 unspecified atom stereocenters. The number of imide groups is 1. The molecule has 29 heavy (non-hydrogen) atoms. The second-order valence-corrected chi connectivity index (χ2v) is 6.78. The largest absolute Gasteiger partial charge is 0.336 e. The number of nitrogens with one attached hydrogen (secondary N) is 4. The molecule has 0 saturated carbocycles. The van der Waals surface area contributed by atoms with Crippen LogP contribution in [-0.4, -0.2) is 42.6 Å². The van der Waals surface area contributed by atoms with Gasteiger partial charge in [0.05, 0.1) is 11.8 Å². The maximum Gasteiger partial charge on any atom is 0.322 e. The average molecular weight is 394 g/mol. The van der Waals surface area contributed by atoms with E-state index < -0.39 is 17.5 Å². The van der Waals surface area contributed by atoms with Crippen molar-refractivity contribution in [1.29, 1.82) is 0 Å². The molecule has 148 valence electrons. The van der Waals surface area contributed by atoms with E-state index in [4.69, 9.17) is 0 Å². The number of aromatic nitrogens is 5. The van der Waals surface area contributed by atoms with Gasteiger partial charge in [0.1, 0.15) is 5.82 Å². The van der Waals surface area contributed by atoms with Crippen LogP contribution in [0.4, 0.5) is 10.5 Å². The third-order valence-corrected chi connectivity index (χ3v) is 4.76. The Bertz CT molecular complexity index is 1100. The number of imidazole rings is 1. The second kappa shape index (κ2) is 6.86. The molecule has 1 aliphatic rings. The molecule has 4 amide bonds. The summed E-state index contributed by atoms with van der Waals surface area (Å²) in [7, 11) is 1.74. The van der Waals surface area contributed by atoms with Crippen LogP contribution >= 0.6 is 0 Å². The maximum atomic E-state index is 12.7. The van der Waals surface area contributed by atoms with Gasteiger partial charge in [0.2, 0.25) is 0 Å². The highest BCUT2D eigenvalue weighted by Gasteiger charge is 2.50. The van der Waals surface area contributed by atoms with E-state index in [2.05, 4.69) is 36.1 Å². The van der Waals surface area contributed by atoms with Crippen molar-refractivity contribution in [3.8, 4) is 0 Å². The first kappa shape index (κ1) is 18.3. The number of pyridine rings is 1. The van der Waals surface area contributed by atoms with Crippen LogP contribution in [0.2, 0.25) is 0 Å². The lowest BCUT2D eigenvalue weighted by Gasteiger charge is -2.25. The number of carbonyl (C=O) groups is 3. The molecule has 1 atom stereocenters. The van der Waals surface area contributed by atoms with E-state index in [1.165, 1.54) is 12.4 Å². The smallest absolute Gasteiger partial charge is 0.322 e. The summed E-state index contributed by atoms with van der Waals surface area (Å²) in [6, 6.07) is 1.08. The van der Waals surface area contributed by atoms with E-state index in [0.717, 1.165) is 5.56 Å². The van der Waals surface area contributed by atoms with Crippen LogP contribution in [0, 0.1) is 6.92 Å². The van der Waals surface area contributed by atoms with Gasteiger partial charge >= 0.3 is 6.03 Å². The fourth-order valence-corrected chi connectivity index (χ4v) is 3.27. The van der Waals surface area contributed by atoms with Crippen molar-refractivity contribution in [2.75, 3.05) is 5.32 Å². The van der Waals surface area contributed by atoms with E-state index in [1.54, 1.807) is 43.2 Å². The van der Waals surface area contributed by atoms with Crippen LogP contribution in [0.25, 0.3) is 0 Å². The number of hydrogen-bond donors (Lipinski definition) is 4. The lowest BCUT2D eigenvalue weighted by atomic mass is 9.91. The maximum absolute atomic E-state index is 12.7. The molecule has 1 fully saturated rings. The standard InChI is InChI=1S/C18H18N8O3/c1-10-7-20-12(5-13(10)23-14(27)11-8-21-22-9-11)6-18(15-19-3-4-26(15)2)16(28)24-17(29)25-18/h3-5,7-9H,6H2,1-2H3,(H,21,22)(H,20,23,27)(H2,24,25,28,29). The van der Waals surface area contributed by atoms with Crippen molar-refractivity contribution in [2.24, 2.45) is 7.05 Å². The zero-order valence-electron chi connectivity index (χ0n) is 15.7. The number of nitrogens with zero attached hydrogens (tertiary/aromatic N) is 4. The number of rotatable bonds is 5. The third kappa shape index (κ3) is 3.22. The van der Waals surface area contributed by atoms with Crippen molar-refractivity contribution in [3.63, 3.8) is 0 Å². The minimum atomic E-state index is -1.40. The van der Waals surface area contributed by atoms with Crippen molar-refractivity contribution in [2.45, 2.75) is 18.9 Å². The van der Waals surface area contributed by atoms with Crippen molar-refractivity contribution < 1.29 is 14.4 Å². The Hall–Kier alpha value is -4.02. The van der Waals surface area contributed by atoms with Gasteiger partial charge in [-0.15, -0.1) is 0 Å². The molecule has 4 N–H and O–H groups in total. The Balaban J connectivity index is 1.67. The summed E-state index contributed by atoms with van der Waals surface area (Å²) in [6.07, 6.45) is 7.80. The molecule has 4 rings (SSSR count). The van der Waals surface area contributed by atoms with Gasteiger partial charge < -0.3 is 15.2 Å². The number of H-pyrrole nitrogens is 1. The quantitative estimate of drug-likeness (QED) is 0.460. The first-order valence-corrected chi connectivity index (χ1v) is 8.76. The Morgan fingerprint density at radius 1 is 1.28 bits per heavy atom. The summed E-state index contributed by atoms with van der Waals surface area (Å²) in [6.45, 7) is 1.81.